The first-order chi connectivity index (χ1) is 12.0. The maximum Gasteiger partial charge on any atom is 0.272 e. The molecule has 6 heteroatoms. The molecular weight excluding hydrogens is 320 g/mol. The molecule has 0 bridgehead atoms. The number of aryl methyl sites for hydroxylation is 1. The SMILES string of the molecule is Cc1cc(C(=O)N2CCC(c3ccc(O)cc3)CC2)ccc1[N+](=O)[O-]. The smallest absolute Gasteiger partial charge is 0.272 e. The zero-order valence-electron chi connectivity index (χ0n) is 14.0. The van der Waals surface area contributed by atoms with Crippen LogP contribution in [0.4, 0.5) is 5.69 Å². The van der Waals surface area contributed by atoms with Gasteiger partial charge in [-0.3, -0.25) is 14.9 Å². The van der Waals surface area contributed by atoms with Crippen molar-refractivity contribution in [2.75, 3.05) is 13.1 Å². The Morgan fingerprint density at radius 3 is 2.36 bits per heavy atom. The van der Waals surface area contributed by atoms with Crippen molar-refractivity contribution in [3.8, 4) is 5.75 Å². The van der Waals surface area contributed by atoms with Gasteiger partial charge in [0.05, 0.1) is 4.92 Å². The average molecular weight is 340 g/mol. The van der Waals surface area contributed by atoms with Crippen molar-refractivity contribution >= 4 is 11.6 Å². The highest BCUT2D eigenvalue weighted by Gasteiger charge is 2.25. The molecule has 0 aliphatic carbocycles. The van der Waals surface area contributed by atoms with Crippen molar-refractivity contribution in [3.63, 3.8) is 0 Å². The third-order valence-electron chi connectivity index (χ3n) is 4.79. The summed E-state index contributed by atoms with van der Waals surface area (Å²) in [6, 6.07) is 11.7. The molecule has 0 unspecified atom stereocenters. The van der Waals surface area contributed by atoms with Crippen LogP contribution in [0.5, 0.6) is 5.75 Å². The van der Waals surface area contributed by atoms with Gasteiger partial charge in [0.1, 0.15) is 5.75 Å². The third kappa shape index (κ3) is 3.63. The molecule has 3 rings (SSSR count). The number of aromatic hydroxyl groups is 1. The summed E-state index contributed by atoms with van der Waals surface area (Å²) in [4.78, 5) is 24.9. The molecule has 1 N–H and O–H groups in total. The zero-order valence-corrected chi connectivity index (χ0v) is 14.0. The van der Waals surface area contributed by atoms with Gasteiger partial charge in [0.15, 0.2) is 0 Å². The van der Waals surface area contributed by atoms with Gasteiger partial charge in [-0.2, -0.15) is 0 Å². The number of likely N-dealkylation sites (tertiary alicyclic amines) is 1. The average Bonchev–Trinajstić information content (AvgIpc) is 2.61. The molecule has 0 atom stereocenters. The zero-order chi connectivity index (χ0) is 18.0. The highest BCUT2D eigenvalue weighted by Crippen LogP contribution is 2.30. The van der Waals surface area contributed by atoms with Crippen molar-refractivity contribution in [1.29, 1.82) is 0 Å². The lowest BCUT2D eigenvalue weighted by Gasteiger charge is -2.32. The minimum atomic E-state index is -0.438. The molecule has 0 aromatic heterocycles. The predicted molar refractivity (Wildman–Crippen MR) is 93.8 cm³/mol. The number of rotatable bonds is 3. The summed E-state index contributed by atoms with van der Waals surface area (Å²) >= 11 is 0. The van der Waals surface area contributed by atoms with Crippen LogP contribution < -0.4 is 0 Å². The number of carbonyl (C=O) groups is 1. The molecule has 1 aliphatic rings. The summed E-state index contributed by atoms with van der Waals surface area (Å²) in [7, 11) is 0. The lowest BCUT2D eigenvalue weighted by molar-refractivity contribution is -0.385. The number of phenolic OH excluding ortho intramolecular Hbond substituents is 1. The predicted octanol–water partition coefficient (Wildman–Crippen LogP) is 3.63. The molecule has 1 heterocycles. The van der Waals surface area contributed by atoms with E-state index in [9.17, 15) is 20.0 Å². The Morgan fingerprint density at radius 2 is 1.80 bits per heavy atom. The van der Waals surface area contributed by atoms with Crippen LogP contribution in [0.3, 0.4) is 0 Å². The topological polar surface area (TPSA) is 83.7 Å². The number of phenols is 1. The quantitative estimate of drug-likeness (QED) is 0.683. The van der Waals surface area contributed by atoms with Crippen LogP contribution in [-0.2, 0) is 0 Å². The number of amides is 1. The molecule has 0 saturated carbocycles. The van der Waals surface area contributed by atoms with Crippen LogP contribution in [0, 0.1) is 17.0 Å². The Kier molecular flexibility index (Phi) is 4.70. The van der Waals surface area contributed by atoms with Gasteiger partial charge in [-0.05, 0) is 55.5 Å². The van der Waals surface area contributed by atoms with E-state index in [0.717, 1.165) is 12.8 Å². The summed E-state index contributed by atoms with van der Waals surface area (Å²) in [6.07, 6.45) is 1.73. The summed E-state index contributed by atoms with van der Waals surface area (Å²) in [6.45, 7) is 2.95. The molecular formula is C19H20N2O4. The second kappa shape index (κ2) is 6.93. The van der Waals surface area contributed by atoms with Crippen LogP contribution in [0.15, 0.2) is 42.5 Å². The minimum absolute atomic E-state index is 0.0302. The molecule has 0 spiro atoms. The minimum Gasteiger partial charge on any atom is -0.508 e. The van der Waals surface area contributed by atoms with E-state index in [1.54, 1.807) is 30.0 Å². The van der Waals surface area contributed by atoms with Crippen molar-refractivity contribution in [3.05, 3.63) is 69.3 Å². The van der Waals surface area contributed by atoms with E-state index in [1.807, 2.05) is 12.1 Å². The fourth-order valence-electron chi connectivity index (χ4n) is 3.34. The highest BCUT2D eigenvalue weighted by atomic mass is 16.6. The molecule has 130 valence electrons. The van der Waals surface area contributed by atoms with Crippen molar-refractivity contribution in [2.45, 2.75) is 25.7 Å². The Hall–Kier alpha value is -2.89. The second-order valence-electron chi connectivity index (χ2n) is 6.42. The van der Waals surface area contributed by atoms with E-state index in [0.29, 0.717) is 30.1 Å². The Labute approximate surface area is 145 Å². The van der Waals surface area contributed by atoms with Gasteiger partial charge in [-0.15, -0.1) is 0 Å². The molecule has 1 amide bonds. The molecule has 6 nitrogen and oxygen atoms in total. The summed E-state index contributed by atoms with van der Waals surface area (Å²) in [5, 5.41) is 20.3. The summed E-state index contributed by atoms with van der Waals surface area (Å²) in [5.74, 6) is 0.551. The highest BCUT2D eigenvalue weighted by molar-refractivity contribution is 5.94. The van der Waals surface area contributed by atoms with Gasteiger partial charge in [0.2, 0.25) is 0 Å². The molecule has 1 saturated heterocycles. The van der Waals surface area contributed by atoms with Crippen LogP contribution in [-0.4, -0.2) is 33.9 Å². The van der Waals surface area contributed by atoms with Crippen LogP contribution in [0.2, 0.25) is 0 Å². The molecule has 25 heavy (non-hydrogen) atoms. The first-order valence-electron chi connectivity index (χ1n) is 8.29. The van der Waals surface area contributed by atoms with Crippen LogP contribution in [0.1, 0.15) is 40.2 Å². The summed E-state index contributed by atoms with van der Waals surface area (Å²) < 4.78 is 0. The summed E-state index contributed by atoms with van der Waals surface area (Å²) in [5.41, 5.74) is 2.19. The van der Waals surface area contributed by atoms with Gasteiger partial charge in [-0.25, -0.2) is 0 Å². The second-order valence-corrected chi connectivity index (χ2v) is 6.42. The van der Waals surface area contributed by atoms with Crippen molar-refractivity contribution in [1.82, 2.24) is 4.90 Å². The maximum atomic E-state index is 12.6. The van der Waals surface area contributed by atoms with Crippen LogP contribution in [0.25, 0.3) is 0 Å². The van der Waals surface area contributed by atoms with Crippen molar-refractivity contribution < 1.29 is 14.8 Å². The van der Waals surface area contributed by atoms with E-state index in [2.05, 4.69) is 0 Å². The van der Waals surface area contributed by atoms with E-state index < -0.39 is 4.92 Å². The molecule has 0 radical (unpaired) electrons. The number of piperidine rings is 1. The van der Waals surface area contributed by atoms with Gasteiger partial charge >= 0.3 is 0 Å². The van der Waals surface area contributed by atoms with E-state index >= 15 is 0 Å². The Balaban J connectivity index is 1.66. The van der Waals surface area contributed by atoms with E-state index in [1.165, 1.54) is 17.7 Å². The Morgan fingerprint density at radius 1 is 1.16 bits per heavy atom. The number of carbonyl (C=O) groups excluding carboxylic acids is 1. The number of hydrogen-bond acceptors (Lipinski definition) is 4. The molecule has 1 fully saturated rings. The lowest BCUT2D eigenvalue weighted by Crippen LogP contribution is -2.37. The number of nitro benzene ring substituents is 1. The normalized spacial score (nSPS) is 15.2. The standard InChI is InChI=1S/C19H20N2O4/c1-13-12-16(4-7-18(13)21(24)25)19(23)20-10-8-15(9-11-20)14-2-5-17(22)6-3-14/h2-7,12,15,22H,8-11H2,1H3. The molecule has 2 aromatic rings. The number of hydrogen-bond donors (Lipinski definition) is 1. The maximum absolute atomic E-state index is 12.6. The number of nitrogens with zero attached hydrogens (tertiary/aromatic N) is 2. The van der Waals surface area contributed by atoms with Crippen molar-refractivity contribution in [2.24, 2.45) is 0 Å². The van der Waals surface area contributed by atoms with Gasteiger partial charge < -0.3 is 10.0 Å². The largest absolute Gasteiger partial charge is 0.508 e. The fraction of sp³-hybridized carbons (Fsp3) is 0.316. The molecule has 2 aromatic carbocycles. The Bertz CT molecular complexity index is 794. The third-order valence-corrected chi connectivity index (χ3v) is 4.79. The first kappa shape index (κ1) is 17.0. The lowest BCUT2D eigenvalue weighted by atomic mass is 9.89. The van der Waals surface area contributed by atoms with Crippen LogP contribution >= 0.6 is 0 Å². The monoisotopic (exact) mass is 340 g/mol. The van der Waals surface area contributed by atoms with E-state index in [-0.39, 0.29) is 17.3 Å². The van der Waals surface area contributed by atoms with Gasteiger partial charge in [0.25, 0.3) is 11.6 Å². The number of benzene rings is 2. The number of nitro groups is 1. The van der Waals surface area contributed by atoms with Gasteiger partial charge in [-0.1, -0.05) is 12.1 Å². The first-order valence-corrected chi connectivity index (χ1v) is 8.29. The molecule has 1 aliphatic heterocycles. The van der Waals surface area contributed by atoms with E-state index in [4.69, 9.17) is 0 Å². The van der Waals surface area contributed by atoms with Gasteiger partial charge in [0, 0.05) is 30.3 Å². The fourth-order valence-corrected chi connectivity index (χ4v) is 3.34.